The molecule has 0 aromatic carbocycles. The van der Waals surface area contributed by atoms with Gasteiger partial charge in [-0.05, 0) is 30.7 Å². The van der Waals surface area contributed by atoms with Gasteiger partial charge in [0.05, 0.1) is 25.5 Å². The fraction of sp³-hybridized carbons (Fsp3) is 0.524. The molecular weight excluding hydrogens is 497 g/mol. The van der Waals surface area contributed by atoms with Crippen LogP contribution in [0.4, 0.5) is 0 Å². The van der Waals surface area contributed by atoms with Crippen LogP contribution < -0.4 is 15.4 Å². The maximum Gasteiger partial charge on any atom is 0.233 e. The average Bonchev–Trinajstić information content (AvgIpc) is 3.42. The highest BCUT2D eigenvalue weighted by molar-refractivity contribution is 14.0. The Morgan fingerprint density at radius 2 is 1.90 bits per heavy atom. The molecule has 2 fully saturated rings. The van der Waals surface area contributed by atoms with Crippen molar-refractivity contribution >= 4 is 41.8 Å². The second-order valence-corrected chi connectivity index (χ2v) is 7.66. The fourth-order valence-electron chi connectivity index (χ4n) is 4.61. The molecule has 1 aromatic rings. The minimum atomic E-state index is -0.137. The number of fused-ring (bicyclic) bond motifs is 5. The summed E-state index contributed by atoms with van der Waals surface area (Å²) in [4.78, 5) is 35.6. The zero-order chi connectivity index (χ0) is 20.4. The van der Waals surface area contributed by atoms with E-state index in [2.05, 4.69) is 32.8 Å². The van der Waals surface area contributed by atoms with Crippen molar-refractivity contribution in [1.29, 1.82) is 0 Å². The van der Waals surface area contributed by atoms with Crippen molar-refractivity contribution < 1.29 is 14.3 Å². The van der Waals surface area contributed by atoms with E-state index in [1.165, 1.54) is 4.90 Å². The third-order valence-corrected chi connectivity index (χ3v) is 5.96. The maximum atomic E-state index is 12.7. The van der Waals surface area contributed by atoms with E-state index in [9.17, 15) is 9.59 Å². The summed E-state index contributed by atoms with van der Waals surface area (Å²) in [5, 5.41) is 6.40. The molecule has 4 unspecified atom stereocenters. The highest BCUT2D eigenvalue weighted by atomic mass is 127. The average molecular weight is 525 g/mol. The van der Waals surface area contributed by atoms with Gasteiger partial charge in [0.25, 0.3) is 0 Å². The first-order valence-corrected chi connectivity index (χ1v) is 10.2. The van der Waals surface area contributed by atoms with Gasteiger partial charge in [-0.1, -0.05) is 18.2 Å². The summed E-state index contributed by atoms with van der Waals surface area (Å²) in [7, 11) is 1.58. The quantitative estimate of drug-likeness (QED) is 0.185. The van der Waals surface area contributed by atoms with E-state index < -0.39 is 0 Å². The minimum absolute atomic E-state index is 0. The smallest absolute Gasteiger partial charge is 0.233 e. The molecule has 30 heavy (non-hydrogen) atoms. The molecule has 1 aromatic heterocycles. The Bertz CT molecular complexity index is 812. The van der Waals surface area contributed by atoms with Gasteiger partial charge in [0.2, 0.25) is 17.7 Å². The number of carbonyl (C=O) groups excluding carboxylic acids is 2. The number of hydrogen-bond acceptors (Lipinski definition) is 5. The van der Waals surface area contributed by atoms with Gasteiger partial charge in [0.1, 0.15) is 0 Å². The van der Waals surface area contributed by atoms with Gasteiger partial charge in [-0.25, -0.2) is 9.98 Å². The number of nitrogens with one attached hydrogen (secondary N) is 2. The number of allylic oxidation sites excluding steroid dienone is 2. The molecule has 2 N–H and O–H groups in total. The lowest BCUT2D eigenvalue weighted by Gasteiger charge is -2.18. The first kappa shape index (κ1) is 22.5. The van der Waals surface area contributed by atoms with Crippen molar-refractivity contribution in [2.45, 2.75) is 19.9 Å². The highest BCUT2D eigenvalue weighted by Gasteiger charge is 2.58. The van der Waals surface area contributed by atoms with Crippen LogP contribution in [0.3, 0.4) is 0 Å². The molecule has 1 aliphatic heterocycles. The SMILES string of the molecule is CCNC(=NCc1ccc(OC)nc1)NCCN1C(=O)C2C3C=CC(C3)C2C1=O.I. The number of aromatic nitrogens is 1. The number of nitrogens with zero attached hydrogens (tertiary/aromatic N) is 3. The lowest BCUT2D eigenvalue weighted by molar-refractivity contribution is -0.140. The number of halogens is 1. The van der Waals surface area contributed by atoms with Crippen LogP contribution in [0.5, 0.6) is 5.88 Å². The number of rotatable bonds is 7. The minimum Gasteiger partial charge on any atom is -0.481 e. The molecule has 4 atom stereocenters. The van der Waals surface area contributed by atoms with Crippen molar-refractivity contribution in [3.8, 4) is 5.88 Å². The van der Waals surface area contributed by atoms with E-state index in [4.69, 9.17) is 4.74 Å². The number of imide groups is 1. The van der Waals surface area contributed by atoms with E-state index in [0.29, 0.717) is 38.0 Å². The molecule has 1 saturated carbocycles. The van der Waals surface area contributed by atoms with Crippen LogP contribution in [0.2, 0.25) is 0 Å². The van der Waals surface area contributed by atoms with Gasteiger partial charge in [-0.2, -0.15) is 0 Å². The molecule has 0 spiro atoms. The normalized spacial score (nSPS) is 26.6. The van der Waals surface area contributed by atoms with Gasteiger partial charge in [0.15, 0.2) is 5.96 Å². The van der Waals surface area contributed by atoms with Crippen LogP contribution in [0.1, 0.15) is 18.9 Å². The molecule has 2 aliphatic carbocycles. The van der Waals surface area contributed by atoms with Crippen LogP contribution in [-0.2, 0) is 16.1 Å². The number of hydrogen-bond donors (Lipinski definition) is 2. The van der Waals surface area contributed by atoms with Crippen molar-refractivity contribution in [3.05, 3.63) is 36.0 Å². The van der Waals surface area contributed by atoms with E-state index in [1.807, 2.05) is 13.0 Å². The summed E-state index contributed by atoms with van der Waals surface area (Å²) in [5.74, 6) is 1.41. The molecule has 2 bridgehead atoms. The Kier molecular flexibility index (Phi) is 7.32. The molecule has 4 rings (SSSR count). The van der Waals surface area contributed by atoms with Crippen molar-refractivity contribution in [1.82, 2.24) is 20.5 Å². The Labute approximate surface area is 193 Å². The monoisotopic (exact) mass is 525 g/mol. The number of carbonyl (C=O) groups is 2. The van der Waals surface area contributed by atoms with Gasteiger partial charge in [-0.3, -0.25) is 14.5 Å². The zero-order valence-electron chi connectivity index (χ0n) is 17.2. The summed E-state index contributed by atoms with van der Waals surface area (Å²) in [6.45, 7) is 4.00. The first-order valence-electron chi connectivity index (χ1n) is 10.2. The molecule has 1 saturated heterocycles. The van der Waals surface area contributed by atoms with Crippen LogP contribution in [0, 0.1) is 23.7 Å². The van der Waals surface area contributed by atoms with Gasteiger partial charge in [-0.15, -0.1) is 24.0 Å². The first-order chi connectivity index (χ1) is 14.1. The Balaban J connectivity index is 0.00000256. The fourth-order valence-corrected chi connectivity index (χ4v) is 4.61. The number of ether oxygens (including phenoxy) is 1. The zero-order valence-corrected chi connectivity index (χ0v) is 19.5. The molecule has 9 heteroatoms. The Hall–Kier alpha value is -2.17. The third-order valence-electron chi connectivity index (χ3n) is 5.96. The molecule has 3 aliphatic rings. The predicted octanol–water partition coefficient (Wildman–Crippen LogP) is 1.57. The molecule has 2 amide bonds. The predicted molar refractivity (Wildman–Crippen MR) is 123 cm³/mol. The Morgan fingerprint density at radius 1 is 1.20 bits per heavy atom. The molecule has 2 heterocycles. The van der Waals surface area contributed by atoms with Crippen LogP contribution in [-0.4, -0.2) is 54.4 Å². The largest absolute Gasteiger partial charge is 0.481 e. The van der Waals surface area contributed by atoms with Crippen LogP contribution in [0.15, 0.2) is 35.5 Å². The summed E-state index contributed by atoms with van der Waals surface area (Å²) in [6, 6.07) is 3.72. The lowest BCUT2D eigenvalue weighted by atomic mass is 9.85. The topological polar surface area (TPSA) is 95.9 Å². The van der Waals surface area contributed by atoms with E-state index in [0.717, 1.165) is 12.0 Å². The second kappa shape index (κ2) is 9.76. The number of likely N-dealkylation sites (tertiary alicyclic amines) is 1. The number of pyridine rings is 1. The second-order valence-electron chi connectivity index (χ2n) is 7.66. The number of guanidine groups is 1. The maximum absolute atomic E-state index is 12.7. The summed E-state index contributed by atoms with van der Waals surface area (Å²) < 4.78 is 5.06. The van der Waals surface area contributed by atoms with Crippen LogP contribution in [0.25, 0.3) is 0 Å². The van der Waals surface area contributed by atoms with Gasteiger partial charge >= 0.3 is 0 Å². The molecule has 162 valence electrons. The Morgan fingerprint density at radius 3 is 2.47 bits per heavy atom. The van der Waals surface area contributed by atoms with E-state index >= 15 is 0 Å². The van der Waals surface area contributed by atoms with Crippen LogP contribution >= 0.6 is 24.0 Å². The standard InChI is InChI=1S/C21H27N5O3.HI/c1-3-22-21(25-12-13-4-7-16(29-2)24-11-13)23-8-9-26-19(27)17-14-5-6-15(10-14)18(17)20(26)28;/h4-7,11,14-15,17-18H,3,8-10,12H2,1-2H3,(H2,22,23,25);1H. The third kappa shape index (κ3) is 4.30. The van der Waals surface area contributed by atoms with Crippen molar-refractivity contribution in [2.24, 2.45) is 28.7 Å². The summed E-state index contributed by atoms with van der Waals surface area (Å²) in [5.41, 5.74) is 0.962. The van der Waals surface area contributed by atoms with Gasteiger partial charge < -0.3 is 15.4 Å². The van der Waals surface area contributed by atoms with Gasteiger partial charge in [0, 0.05) is 31.9 Å². The van der Waals surface area contributed by atoms with E-state index in [-0.39, 0.29) is 59.5 Å². The van der Waals surface area contributed by atoms with Crippen molar-refractivity contribution in [3.63, 3.8) is 0 Å². The summed E-state index contributed by atoms with van der Waals surface area (Å²) in [6.07, 6.45) is 6.91. The highest BCUT2D eigenvalue weighted by Crippen LogP contribution is 2.52. The molecule has 0 radical (unpaired) electrons. The molecule has 8 nitrogen and oxygen atoms in total. The lowest BCUT2D eigenvalue weighted by Crippen LogP contribution is -2.43. The molecular formula is C21H28IN5O3. The van der Waals surface area contributed by atoms with E-state index in [1.54, 1.807) is 19.4 Å². The van der Waals surface area contributed by atoms with Crippen molar-refractivity contribution in [2.75, 3.05) is 26.7 Å². The number of methoxy groups -OCH3 is 1. The number of amides is 2. The number of aliphatic imine (C=N–C) groups is 1. The summed E-state index contributed by atoms with van der Waals surface area (Å²) >= 11 is 0.